The number of halogens is 2. The lowest BCUT2D eigenvalue weighted by atomic mass is 9.87. The molecule has 1 saturated heterocycles. The van der Waals surface area contributed by atoms with E-state index in [4.69, 9.17) is 27.9 Å². The number of sulfonamides is 1. The number of aromatic nitrogens is 1. The monoisotopic (exact) mass is 509 g/mol. The number of carbonyl (C=O) groups is 2. The van der Waals surface area contributed by atoms with Crippen molar-refractivity contribution in [1.82, 2.24) is 14.6 Å². The average molecular weight is 510 g/mol. The normalized spacial score (nSPS) is 15.2. The molecule has 8 nitrogen and oxygen atoms in total. The highest BCUT2D eigenvalue weighted by Crippen LogP contribution is 2.34. The number of ether oxygens (including phenoxy) is 1. The Hall–Kier alpha value is -2.59. The Bertz CT molecular complexity index is 1360. The molecule has 0 bridgehead atoms. The number of fused-ring (bicyclic) bond motifs is 1. The molecule has 33 heavy (non-hydrogen) atoms. The summed E-state index contributed by atoms with van der Waals surface area (Å²) in [4.78, 5) is 25.0. The standard InChI is InChI=1S/C22H21Cl2N3O5S/c1-27-17-8-7-16(23)20(24)15(17)10-18(27)21(29)25-22(11-32-12-22)14-5-3-13(4-6-14)9-19(28)26-33(2,30)31/h3-8,10H,9,11-12H2,1-2H3,(H,25,29)(H,26,28). The number of amides is 2. The van der Waals surface area contributed by atoms with Crippen LogP contribution in [0.4, 0.5) is 0 Å². The molecule has 2 amide bonds. The van der Waals surface area contributed by atoms with Gasteiger partial charge in [-0.3, -0.25) is 14.3 Å². The highest BCUT2D eigenvalue weighted by molar-refractivity contribution is 7.89. The summed E-state index contributed by atoms with van der Waals surface area (Å²) in [6, 6.07) is 12.2. The van der Waals surface area contributed by atoms with Crippen molar-refractivity contribution in [3.05, 3.63) is 69.3 Å². The molecule has 0 radical (unpaired) electrons. The summed E-state index contributed by atoms with van der Waals surface area (Å²) < 4.78 is 31.5. The Morgan fingerprint density at radius 1 is 1.12 bits per heavy atom. The van der Waals surface area contributed by atoms with Gasteiger partial charge in [0.05, 0.1) is 35.9 Å². The minimum Gasteiger partial charge on any atom is -0.376 e. The molecule has 1 aliphatic rings. The number of aryl methyl sites for hydroxylation is 1. The second-order valence-electron chi connectivity index (χ2n) is 8.08. The van der Waals surface area contributed by atoms with Crippen LogP contribution in [0, 0.1) is 0 Å². The molecular weight excluding hydrogens is 489 g/mol. The average Bonchev–Trinajstić information content (AvgIpc) is 3.04. The smallest absolute Gasteiger partial charge is 0.268 e. The van der Waals surface area contributed by atoms with Crippen LogP contribution < -0.4 is 10.0 Å². The summed E-state index contributed by atoms with van der Waals surface area (Å²) in [6.45, 7) is 0.590. The van der Waals surface area contributed by atoms with E-state index in [2.05, 4.69) is 5.32 Å². The van der Waals surface area contributed by atoms with Crippen LogP contribution in [0.2, 0.25) is 10.0 Å². The molecule has 174 valence electrons. The minimum atomic E-state index is -3.61. The fourth-order valence-corrected chi connectivity index (χ4v) is 4.70. The largest absolute Gasteiger partial charge is 0.376 e. The van der Waals surface area contributed by atoms with Crippen molar-refractivity contribution in [2.24, 2.45) is 7.05 Å². The lowest BCUT2D eigenvalue weighted by molar-refractivity contribution is -0.118. The second-order valence-corrected chi connectivity index (χ2v) is 10.6. The quantitative estimate of drug-likeness (QED) is 0.531. The summed E-state index contributed by atoms with van der Waals surface area (Å²) in [5, 5.41) is 4.56. The number of carbonyl (C=O) groups excluding carboxylic acids is 2. The first kappa shape index (κ1) is 23.6. The van der Waals surface area contributed by atoms with Crippen LogP contribution in [0.15, 0.2) is 42.5 Å². The molecule has 1 fully saturated rings. The van der Waals surface area contributed by atoms with Crippen molar-refractivity contribution in [3.8, 4) is 0 Å². The van der Waals surface area contributed by atoms with Gasteiger partial charge < -0.3 is 14.6 Å². The second kappa shape index (κ2) is 8.64. The summed E-state index contributed by atoms with van der Waals surface area (Å²) in [5.41, 5.74) is 1.94. The minimum absolute atomic E-state index is 0.0809. The molecule has 1 aliphatic heterocycles. The van der Waals surface area contributed by atoms with Crippen molar-refractivity contribution in [1.29, 1.82) is 0 Å². The lowest BCUT2D eigenvalue weighted by Gasteiger charge is -2.42. The van der Waals surface area contributed by atoms with Crippen LogP contribution >= 0.6 is 23.2 Å². The van der Waals surface area contributed by atoms with Crippen LogP contribution in [0.5, 0.6) is 0 Å². The van der Waals surface area contributed by atoms with E-state index in [1.165, 1.54) is 0 Å². The molecule has 0 saturated carbocycles. The van der Waals surface area contributed by atoms with E-state index in [0.717, 1.165) is 17.3 Å². The first-order valence-electron chi connectivity index (χ1n) is 9.93. The van der Waals surface area contributed by atoms with E-state index in [-0.39, 0.29) is 12.3 Å². The number of hydrogen-bond acceptors (Lipinski definition) is 5. The molecule has 0 atom stereocenters. The van der Waals surface area contributed by atoms with Crippen molar-refractivity contribution in [3.63, 3.8) is 0 Å². The fourth-order valence-electron chi connectivity index (χ4n) is 3.84. The maximum atomic E-state index is 13.2. The summed E-state index contributed by atoms with van der Waals surface area (Å²) in [7, 11) is -1.83. The van der Waals surface area contributed by atoms with E-state index in [1.54, 1.807) is 54.1 Å². The van der Waals surface area contributed by atoms with Gasteiger partial charge in [-0.05, 0) is 29.3 Å². The molecule has 4 rings (SSSR count). The predicted molar refractivity (Wildman–Crippen MR) is 126 cm³/mol. The van der Waals surface area contributed by atoms with Gasteiger partial charge in [0.1, 0.15) is 11.2 Å². The molecule has 3 aromatic rings. The van der Waals surface area contributed by atoms with Crippen molar-refractivity contribution >= 4 is 55.9 Å². The van der Waals surface area contributed by atoms with E-state index < -0.39 is 21.5 Å². The van der Waals surface area contributed by atoms with E-state index in [0.29, 0.717) is 39.9 Å². The zero-order chi connectivity index (χ0) is 24.0. The molecule has 0 aliphatic carbocycles. The maximum Gasteiger partial charge on any atom is 0.268 e. The Balaban J connectivity index is 1.54. The van der Waals surface area contributed by atoms with Gasteiger partial charge in [-0.25, -0.2) is 8.42 Å². The maximum absolute atomic E-state index is 13.2. The van der Waals surface area contributed by atoms with Gasteiger partial charge in [0.2, 0.25) is 15.9 Å². The van der Waals surface area contributed by atoms with Gasteiger partial charge in [-0.15, -0.1) is 0 Å². The van der Waals surface area contributed by atoms with Crippen molar-refractivity contribution < 1.29 is 22.7 Å². The first-order valence-corrected chi connectivity index (χ1v) is 12.6. The number of rotatable bonds is 6. The molecule has 11 heteroatoms. The zero-order valence-corrected chi connectivity index (χ0v) is 20.1. The van der Waals surface area contributed by atoms with Crippen molar-refractivity contribution in [2.75, 3.05) is 19.5 Å². The number of nitrogens with one attached hydrogen (secondary N) is 2. The molecule has 2 N–H and O–H groups in total. The third-order valence-corrected chi connectivity index (χ3v) is 6.98. The number of nitrogens with zero attached hydrogens (tertiary/aromatic N) is 1. The van der Waals surface area contributed by atoms with Gasteiger partial charge in [-0.1, -0.05) is 47.5 Å². The lowest BCUT2D eigenvalue weighted by Crippen LogP contribution is -2.59. The van der Waals surface area contributed by atoms with E-state index in [1.807, 2.05) is 4.72 Å². The van der Waals surface area contributed by atoms with Crippen LogP contribution in [0.1, 0.15) is 21.6 Å². The molecule has 2 aromatic carbocycles. The Morgan fingerprint density at radius 2 is 1.79 bits per heavy atom. The van der Waals surface area contributed by atoms with Gasteiger partial charge >= 0.3 is 0 Å². The highest BCUT2D eigenvalue weighted by Gasteiger charge is 2.42. The van der Waals surface area contributed by atoms with Gasteiger partial charge in [-0.2, -0.15) is 0 Å². The molecule has 0 spiro atoms. The summed E-state index contributed by atoms with van der Waals surface area (Å²) in [6.07, 6.45) is 0.845. The van der Waals surface area contributed by atoms with E-state index >= 15 is 0 Å². The molecule has 2 heterocycles. The van der Waals surface area contributed by atoms with Gasteiger partial charge in [0.15, 0.2) is 0 Å². The summed E-state index contributed by atoms with van der Waals surface area (Å²) in [5.74, 6) is -0.907. The van der Waals surface area contributed by atoms with Gasteiger partial charge in [0.25, 0.3) is 5.91 Å². The molecule has 0 unspecified atom stereocenters. The summed E-state index contributed by atoms with van der Waals surface area (Å²) >= 11 is 12.4. The third-order valence-electron chi connectivity index (χ3n) is 5.57. The SMILES string of the molecule is Cn1c(C(=O)NC2(c3ccc(CC(=O)NS(C)(=O)=O)cc3)COC2)cc2c(Cl)c(Cl)ccc21. The van der Waals surface area contributed by atoms with Crippen LogP contribution in [0.3, 0.4) is 0 Å². The highest BCUT2D eigenvalue weighted by atomic mass is 35.5. The Kier molecular flexibility index (Phi) is 6.17. The van der Waals surface area contributed by atoms with Gasteiger partial charge in [0, 0.05) is 18.0 Å². The fraction of sp³-hybridized carbons (Fsp3) is 0.273. The van der Waals surface area contributed by atoms with Crippen LogP contribution in [-0.4, -0.2) is 44.3 Å². The molecule has 1 aromatic heterocycles. The van der Waals surface area contributed by atoms with Crippen LogP contribution in [0.25, 0.3) is 10.9 Å². The predicted octanol–water partition coefficient (Wildman–Crippen LogP) is 2.76. The number of benzene rings is 2. The third kappa shape index (κ3) is 4.72. The van der Waals surface area contributed by atoms with Crippen molar-refractivity contribution in [2.45, 2.75) is 12.0 Å². The van der Waals surface area contributed by atoms with Crippen LogP contribution in [-0.2, 0) is 38.6 Å². The van der Waals surface area contributed by atoms with E-state index in [9.17, 15) is 18.0 Å². The Morgan fingerprint density at radius 3 is 2.36 bits per heavy atom. The number of hydrogen-bond donors (Lipinski definition) is 2. The zero-order valence-electron chi connectivity index (χ0n) is 17.8. The first-order chi connectivity index (χ1) is 15.5. The molecular formula is C22H21Cl2N3O5S. The topological polar surface area (TPSA) is 107 Å². The Labute approximate surface area is 200 Å².